The third-order valence-electron chi connectivity index (χ3n) is 3.27. The summed E-state index contributed by atoms with van der Waals surface area (Å²) in [6.45, 7) is 5.23. The number of anilines is 1. The molecule has 0 aliphatic rings. The van der Waals surface area contributed by atoms with E-state index >= 15 is 0 Å². The number of amides is 1. The Morgan fingerprint density at radius 3 is 2.47 bits per heavy atom. The molecule has 0 aromatic heterocycles. The number of hydrogen-bond acceptors (Lipinski definition) is 3. The molecular weight excluding hydrogens is 240 g/mol. The largest absolute Gasteiger partial charge is 0.497 e. The second kappa shape index (κ2) is 7.79. The lowest BCUT2D eigenvalue weighted by atomic mass is 10.1. The Morgan fingerprint density at radius 1 is 1.37 bits per heavy atom. The van der Waals surface area contributed by atoms with E-state index in [1.165, 1.54) is 0 Å². The summed E-state index contributed by atoms with van der Waals surface area (Å²) in [6.07, 6.45) is 1.64. The number of methoxy groups -OCH3 is 1. The van der Waals surface area contributed by atoms with Crippen molar-refractivity contribution in [3.63, 3.8) is 0 Å². The lowest BCUT2D eigenvalue weighted by Gasteiger charge is -2.25. The zero-order valence-electron chi connectivity index (χ0n) is 12.1. The molecule has 1 unspecified atom stereocenters. The van der Waals surface area contributed by atoms with Gasteiger partial charge < -0.3 is 15.4 Å². The highest BCUT2D eigenvalue weighted by atomic mass is 16.5. The minimum absolute atomic E-state index is 0.0277. The quantitative estimate of drug-likeness (QED) is 0.823. The molecule has 0 aliphatic carbocycles. The lowest BCUT2D eigenvalue weighted by molar-refractivity contribution is -0.122. The van der Waals surface area contributed by atoms with Crippen LogP contribution in [0.15, 0.2) is 24.3 Å². The van der Waals surface area contributed by atoms with E-state index < -0.39 is 0 Å². The lowest BCUT2D eigenvalue weighted by Crippen LogP contribution is -2.36. The minimum atomic E-state index is 0.0277. The molecule has 0 saturated carbocycles. The van der Waals surface area contributed by atoms with E-state index in [0.29, 0.717) is 13.1 Å². The zero-order valence-corrected chi connectivity index (χ0v) is 12.1. The fourth-order valence-corrected chi connectivity index (χ4v) is 1.82. The van der Waals surface area contributed by atoms with Crippen molar-refractivity contribution in [1.29, 1.82) is 0 Å². The van der Waals surface area contributed by atoms with E-state index in [2.05, 4.69) is 0 Å². The predicted molar refractivity (Wildman–Crippen MR) is 78.5 cm³/mol. The van der Waals surface area contributed by atoms with E-state index in [-0.39, 0.29) is 11.8 Å². The van der Waals surface area contributed by atoms with Crippen LogP contribution in [0, 0.1) is 5.92 Å². The molecule has 2 N–H and O–H groups in total. The first-order valence-corrected chi connectivity index (χ1v) is 6.79. The Balaban J connectivity index is 2.91. The van der Waals surface area contributed by atoms with Crippen molar-refractivity contribution >= 4 is 11.6 Å². The highest BCUT2D eigenvalue weighted by molar-refractivity contribution is 5.94. The first-order valence-electron chi connectivity index (χ1n) is 6.79. The first kappa shape index (κ1) is 15.5. The van der Waals surface area contributed by atoms with Gasteiger partial charge in [-0.3, -0.25) is 4.79 Å². The minimum Gasteiger partial charge on any atom is -0.497 e. The van der Waals surface area contributed by atoms with Gasteiger partial charge in [-0.15, -0.1) is 0 Å². The summed E-state index contributed by atoms with van der Waals surface area (Å²) in [5, 5.41) is 0. The molecule has 1 atom stereocenters. The van der Waals surface area contributed by atoms with Gasteiger partial charge >= 0.3 is 0 Å². The molecule has 0 spiro atoms. The monoisotopic (exact) mass is 264 g/mol. The van der Waals surface area contributed by atoms with Crippen molar-refractivity contribution in [1.82, 2.24) is 0 Å². The van der Waals surface area contributed by atoms with Crippen molar-refractivity contribution in [3.05, 3.63) is 24.3 Å². The van der Waals surface area contributed by atoms with Crippen molar-refractivity contribution in [2.24, 2.45) is 11.7 Å². The summed E-state index contributed by atoms with van der Waals surface area (Å²) >= 11 is 0. The molecule has 1 rings (SSSR count). The average molecular weight is 264 g/mol. The van der Waals surface area contributed by atoms with Crippen LogP contribution in [-0.4, -0.2) is 26.1 Å². The van der Waals surface area contributed by atoms with Gasteiger partial charge in [0.2, 0.25) is 5.91 Å². The Morgan fingerprint density at radius 2 is 2.00 bits per heavy atom. The number of nitrogens with zero attached hydrogens (tertiary/aromatic N) is 1. The van der Waals surface area contributed by atoms with Gasteiger partial charge in [0.1, 0.15) is 5.75 Å². The fourth-order valence-electron chi connectivity index (χ4n) is 1.82. The maximum absolute atomic E-state index is 12.4. The van der Waals surface area contributed by atoms with Crippen LogP contribution < -0.4 is 15.4 Å². The van der Waals surface area contributed by atoms with Crippen LogP contribution in [0.3, 0.4) is 0 Å². The number of ether oxygens (including phenoxy) is 1. The van der Waals surface area contributed by atoms with E-state index in [1.54, 1.807) is 7.11 Å². The van der Waals surface area contributed by atoms with Crippen molar-refractivity contribution in [3.8, 4) is 5.75 Å². The van der Waals surface area contributed by atoms with Crippen molar-refractivity contribution < 1.29 is 9.53 Å². The fraction of sp³-hybridized carbons (Fsp3) is 0.533. The SMILES string of the molecule is CCC(C)C(=O)N(CCCN)c1ccc(OC)cc1. The van der Waals surface area contributed by atoms with Crippen LogP contribution in [0.25, 0.3) is 0 Å². The molecule has 0 radical (unpaired) electrons. The van der Waals surface area contributed by atoms with Gasteiger partial charge in [-0.1, -0.05) is 13.8 Å². The maximum Gasteiger partial charge on any atom is 0.229 e. The van der Waals surface area contributed by atoms with Crippen LogP contribution in [0.1, 0.15) is 26.7 Å². The van der Waals surface area contributed by atoms with Gasteiger partial charge in [0.25, 0.3) is 0 Å². The van der Waals surface area contributed by atoms with Gasteiger partial charge in [0.15, 0.2) is 0 Å². The van der Waals surface area contributed by atoms with E-state index in [0.717, 1.165) is 24.3 Å². The molecule has 106 valence electrons. The third-order valence-corrected chi connectivity index (χ3v) is 3.27. The molecule has 1 aromatic rings. The summed E-state index contributed by atoms with van der Waals surface area (Å²) in [4.78, 5) is 14.2. The second-order valence-corrected chi connectivity index (χ2v) is 4.64. The molecule has 4 nitrogen and oxygen atoms in total. The topological polar surface area (TPSA) is 55.6 Å². The number of carbonyl (C=O) groups excluding carboxylic acids is 1. The highest BCUT2D eigenvalue weighted by Gasteiger charge is 2.20. The van der Waals surface area contributed by atoms with Crippen LogP contribution >= 0.6 is 0 Å². The number of hydrogen-bond donors (Lipinski definition) is 1. The van der Waals surface area contributed by atoms with Crippen LogP contribution in [-0.2, 0) is 4.79 Å². The summed E-state index contributed by atoms with van der Waals surface area (Å²) in [5.41, 5.74) is 6.45. The molecule has 0 fully saturated rings. The summed E-state index contributed by atoms with van der Waals surface area (Å²) in [5.74, 6) is 0.972. The number of carbonyl (C=O) groups is 1. The van der Waals surface area contributed by atoms with Gasteiger partial charge in [0.05, 0.1) is 7.11 Å². The normalized spacial score (nSPS) is 12.0. The molecule has 0 bridgehead atoms. The van der Waals surface area contributed by atoms with Crippen LogP contribution in [0.2, 0.25) is 0 Å². The predicted octanol–water partition coefficient (Wildman–Crippen LogP) is 2.42. The van der Waals surface area contributed by atoms with E-state index in [9.17, 15) is 4.79 Å². The van der Waals surface area contributed by atoms with Gasteiger partial charge in [-0.25, -0.2) is 0 Å². The number of benzene rings is 1. The molecule has 1 amide bonds. The Bertz CT molecular complexity index is 390. The van der Waals surface area contributed by atoms with E-state index in [4.69, 9.17) is 10.5 Å². The maximum atomic E-state index is 12.4. The smallest absolute Gasteiger partial charge is 0.229 e. The summed E-state index contributed by atoms with van der Waals surface area (Å²) in [7, 11) is 1.63. The van der Waals surface area contributed by atoms with Gasteiger partial charge in [0, 0.05) is 18.2 Å². The molecule has 0 saturated heterocycles. The third kappa shape index (κ3) is 4.24. The van der Waals surface area contributed by atoms with Crippen molar-refractivity contribution in [2.75, 3.05) is 25.1 Å². The Hall–Kier alpha value is -1.55. The molecule has 0 aliphatic heterocycles. The summed E-state index contributed by atoms with van der Waals surface area (Å²) < 4.78 is 5.14. The highest BCUT2D eigenvalue weighted by Crippen LogP contribution is 2.21. The molecule has 0 heterocycles. The molecule has 19 heavy (non-hydrogen) atoms. The molecular formula is C15H24N2O2. The Labute approximate surface area is 115 Å². The average Bonchev–Trinajstić information content (AvgIpc) is 2.47. The van der Waals surface area contributed by atoms with Crippen molar-refractivity contribution in [2.45, 2.75) is 26.7 Å². The molecule has 4 heteroatoms. The zero-order chi connectivity index (χ0) is 14.3. The number of rotatable bonds is 7. The first-order chi connectivity index (χ1) is 9.13. The van der Waals surface area contributed by atoms with E-state index in [1.807, 2.05) is 43.0 Å². The van der Waals surface area contributed by atoms with Crippen LogP contribution in [0.5, 0.6) is 5.75 Å². The number of nitrogens with two attached hydrogens (primary N) is 1. The van der Waals surface area contributed by atoms with Gasteiger partial charge in [-0.2, -0.15) is 0 Å². The van der Waals surface area contributed by atoms with Crippen LogP contribution in [0.4, 0.5) is 5.69 Å². The standard InChI is InChI=1S/C15H24N2O2/c1-4-12(2)15(18)17(11-5-10-16)13-6-8-14(19-3)9-7-13/h6-9,12H,4-5,10-11,16H2,1-3H3. The Kier molecular flexibility index (Phi) is 6.36. The molecule has 1 aromatic carbocycles. The van der Waals surface area contributed by atoms with Gasteiger partial charge in [-0.05, 0) is 43.7 Å². The summed E-state index contributed by atoms with van der Waals surface area (Å²) in [6, 6.07) is 7.56. The second-order valence-electron chi connectivity index (χ2n) is 4.64.